The SMILES string of the molecule is COc1cc(C)c(SN(C)CCOCC(=O)N(C)C2CCN(C3CCN(CC4CC4)CC3)C2)c(C)c1. The van der Waals surface area contributed by atoms with E-state index in [-0.39, 0.29) is 12.5 Å². The van der Waals surface area contributed by atoms with Crippen molar-refractivity contribution in [1.82, 2.24) is 19.0 Å². The fourth-order valence-electron chi connectivity index (χ4n) is 5.58. The maximum absolute atomic E-state index is 12.8. The van der Waals surface area contributed by atoms with Crippen LogP contribution in [0.1, 0.15) is 43.2 Å². The van der Waals surface area contributed by atoms with Gasteiger partial charge < -0.3 is 19.3 Å². The number of aryl methyl sites for hydroxylation is 2. The number of rotatable bonds is 12. The fourth-order valence-corrected chi connectivity index (χ4v) is 6.46. The predicted molar refractivity (Wildman–Crippen MR) is 147 cm³/mol. The molecule has 4 rings (SSSR count). The molecule has 202 valence electrons. The molecule has 8 heteroatoms. The van der Waals surface area contributed by atoms with Crippen molar-refractivity contribution in [3.63, 3.8) is 0 Å². The number of hydrogen-bond acceptors (Lipinski definition) is 7. The minimum absolute atomic E-state index is 0.0956. The van der Waals surface area contributed by atoms with E-state index in [9.17, 15) is 4.79 Å². The maximum Gasteiger partial charge on any atom is 0.248 e. The molecule has 1 atom stereocenters. The zero-order chi connectivity index (χ0) is 25.7. The number of nitrogens with zero attached hydrogens (tertiary/aromatic N) is 4. The van der Waals surface area contributed by atoms with Crippen molar-refractivity contribution in [1.29, 1.82) is 0 Å². The number of ether oxygens (including phenoxy) is 2. The first kappa shape index (κ1) is 27.7. The Bertz CT molecular complexity index is 849. The highest BCUT2D eigenvalue weighted by Gasteiger charge is 2.34. The minimum Gasteiger partial charge on any atom is -0.497 e. The molecule has 0 aromatic heterocycles. The Hall–Kier alpha value is -1.32. The number of carbonyl (C=O) groups is 1. The molecule has 1 amide bonds. The Balaban J connectivity index is 1.12. The first-order valence-corrected chi connectivity index (χ1v) is 14.5. The van der Waals surface area contributed by atoms with Crippen LogP contribution in [0.2, 0.25) is 0 Å². The molecule has 0 radical (unpaired) electrons. The van der Waals surface area contributed by atoms with Gasteiger partial charge in [-0.15, -0.1) is 0 Å². The lowest BCUT2D eigenvalue weighted by atomic mass is 10.0. The van der Waals surface area contributed by atoms with E-state index in [4.69, 9.17) is 9.47 Å². The third-order valence-corrected chi connectivity index (χ3v) is 9.44. The lowest BCUT2D eigenvalue weighted by Gasteiger charge is -2.37. The van der Waals surface area contributed by atoms with Gasteiger partial charge >= 0.3 is 0 Å². The topological polar surface area (TPSA) is 48.5 Å². The largest absolute Gasteiger partial charge is 0.497 e. The average molecular weight is 519 g/mol. The number of benzene rings is 1. The quantitative estimate of drug-likeness (QED) is 0.309. The monoisotopic (exact) mass is 518 g/mol. The van der Waals surface area contributed by atoms with E-state index in [1.165, 1.54) is 61.3 Å². The van der Waals surface area contributed by atoms with E-state index < -0.39 is 0 Å². The number of methoxy groups -OCH3 is 1. The molecule has 2 aliphatic heterocycles. The number of carbonyl (C=O) groups excluding carboxylic acids is 1. The summed E-state index contributed by atoms with van der Waals surface area (Å²) in [6, 6.07) is 5.13. The Kier molecular flexibility index (Phi) is 9.98. The van der Waals surface area contributed by atoms with Crippen LogP contribution in [0.15, 0.2) is 17.0 Å². The van der Waals surface area contributed by atoms with Gasteiger partial charge in [-0.25, -0.2) is 4.31 Å². The lowest BCUT2D eigenvalue weighted by Crippen LogP contribution is -2.46. The second kappa shape index (κ2) is 13.0. The average Bonchev–Trinajstić information content (AvgIpc) is 3.55. The fraction of sp³-hybridized carbons (Fsp3) is 0.750. The summed E-state index contributed by atoms with van der Waals surface area (Å²) in [4.78, 5) is 21.3. The minimum atomic E-state index is 0.0956. The van der Waals surface area contributed by atoms with Crippen LogP contribution >= 0.6 is 11.9 Å². The van der Waals surface area contributed by atoms with Crippen LogP contribution in [-0.4, -0.2) is 111 Å². The van der Waals surface area contributed by atoms with Crippen LogP contribution in [0, 0.1) is 19.8 Å². The summed E-state index contributed by atoms with van der Waals surface area (Å²) in [7, 11) is 5.72. The normalized spacial score (nSPS) is 21.9. The third kappa shape index (κ3) is 7.60. The number of amides is 1. The van der Waals surface area contributed by atoms with E-state index >= 15 is 0 Å². The van der Waals surface area contributed by atoms with Crippen molar-refractivity contribution in [2.45, 2.75) is 62.9 Å². The van der Waals surface area contributed by atoms with E-state index in [0.717, 1.165) is 37.7 Å². The Morgan fingerprint density at radius 2 is 1.75 bits per heavy atom. The lowest BCUT2D eigenvalue weighted by molar-refractivity contribution is -0.136. The zero-order valence-electron chi connectivity index (χ0n) is 23.0. The molecule has 1 aliphatic carbocycles. The van der Waals surface area contributed by atoms with E-state index in [1.807, 2.05) is 11.9 Å². The molecular weight excluding hydrogens is 472 g/mol. The first-order chi connectivity index (χ1) is 17.3. The summed E-state index contributed by atoms with van der Waals surface area (Å²) in [6.45, 7) is 11.6. The zero-order valence-corrected chi connectivity index (χ0v) is 23.8. The molecule has 1 unspecified atom stereocenters. The Labute approximate surface area is 222 Å². The van der Waals surface area contributed by atoms with Gasteiger partial charge in [0.1, 0.15) is 12.4 Å². The summed E-state index contributed by atoms with van der Waals surface area (Å²) >= 11 is 1.72. The molecule has 3 aliphatic rings. The highest BCUT2D eigenvalue weighted by Crippen LogP contribution is 2.32. The summed E-state index contributed by atoms with van der Waals surface area (Å²) < 4.78 is 13.3. The molecule has 3 fully saturated rings. The highest BCUT2D eigenvalue weighted by molar-refractivity contribution is 7.97. The van der Waals surface area contributed by atoms with Gasteiger partial charge in [-0.05, 0) is 107 Å². The molecular formula is C28H46N4O3S. The second-order valence-electron chi connectivity index (χ2n) is 11.0. The van der Waals surface area contributed by atoms with E-state index in [0.29, 0.717) is 18.7 Å². The van der Waals surface area contributed by atoms with Gasteiger partial charge in [-0.3, -0.25) is 9.69 Å². The smallest absolute Gasteiger partial charge is 0.248 e. The van der Waals surface area contributed by atoms with E-state index in [1.54, 1.807) is 19.1 Å². The van der Waals surface area contributed by atoms with Crippen molar-refractivity contribution in [2.75, 3.05) is 73.7 Å². The van der Waals surface area contributed by atoms with Crippen LogP contribution in [-0.2, 0) is 9.53 Å². The molecule has 0 spiro atoms. The summed E-state index contributed by atoms with van der Waals surface area (Å²) in [5, 5.41) is 0. The maximum atomic E-state index is 12.8. The van der Waals surface area contributed by atoms with Gasteiger partial charge in [0, 0.05) is 50.2 Å². The van der Waals surface area contributed by atoms with Gasteiger partial charge in [0.15, 0.2) is 0 Å². The number of piperidine rings is 1. The predicted octanol–water partition coefficient (Wildman–Crippen LogP) is 3.67. The molecule has 36 heavy (non-hydrogen) atoms. The van der Waals surface area contributed by atoms with Crippen LogP contribution in [0.4, 0.5) is 0 Å². The van der Waals surface area contributed by atoms with Gasteiger partial charge in [-0.1, -0.05) is 0 Å². The Morgan fingerprint density at radius 1 is 1.06 bits per heavy atom. The highest BCUT2D eigenvalue weighted by atomic mass is 32.2. The van der Waals surface area contributed by atoms with Crippen LogP contribution in [0.5, 0.6) is 5.75 Å². The number of likely N-dealkylation sites (N-methyl/N-ethyl adjacent to an activating group) is 2. The van der Waals surface area contributed by atoms with Crippen molar-refractivity contribution >= 4 is 17.9 Å². The molecule has 2 saturated heterocycles. The van der Waals surface area contributed by atoms with Crippen LogP contribution < -0.4 is 4.74 Å². The van der Waals surface area contributed by atoms with Gasteiger partial charge in [0.05, 0.1) is 13.7 Å². The van der Waals surface area contributed by atoms with Crippen molar-refractivity contribution in [3.05, 3.63) is 23.3 Å². The molecule has 7 nitrogen and oxygen atoms in total. The molecule has 2 heterocycles. The standard InChI is InChI=1S/C28H46N4O3S/c1-21-16-26(34-5)17-22(2)28(21)36-29(3)14-15-35-20-27(33)30(4)25-10-13-32(19-25)24-8-11-31(12-9-24)18-23-6-7-23/h16-17,23-25H,6-15,18-20H2,1-5H3. The number of likely N-dealkylation sites (tertiary alicyclic amines) is 2. The molecule has 0 N–H and O–H groups in total. The molecule has 0 bridgehead atoms. The van der Waals surface area contributed by atoms with Gasteiger partial charge in [-0.2, -0.15) is 0 Å². The van der Waals surface area contributed by atoms with Crippen LogP contribution in [0.25, 0.3) is 0 Å². The summed E-state index contributed by atoms with van der Waals surface area (Å²) in [5.41, 5.74) is 2.41. The van der Waals surface area contributed by atoms with Gasteiger partial charge in [0.2, 0.25) is 5.91 Å². The molecule has 1 aromatic carbocycles. The first-order valence-electron chi connectivity index (χ1n) is 13.7. The number of hydrogen-bond donors (Lipinski definition) is 0. The third-order valence-electron chi connectivity index (χ3n) is 8.12. The second-order valence-corrected chi connectivity index (χ2v) is 12.2. The molecule has 1 aromatic rings. The summed E-state index contributed by atoms with van der Waals surface area (Å²) in [6.07, 6.45) is 6.51. The van der Waals surface area contributed by atoms with E-state index in [2.05, 4.69) is 47.1 Å². The molecule has 1 saturated carbocycles. The van der Waals surface area contributed by atoms with Gasteiger partial charge in [0.25, 0.3) is 0 Å². The van der Waals surface area contributed by atoms with Crippen molar-refractivity contribution in [3.8, 4) is 5.75 Å². The Morgan fingerprint density at radius 3 is 2.39 bits per heavy atom. The summed E-state index contributed by atoms with van der Waals surface area (Å²) in [5.74, 6) is 1.97. The van der Waals surface area contributed by atoms with Crippen molar-refractivity contribution < 1.29 is 14.3 Å². The van der Waals surface area contributed by atoms with Crippen LogP contribution in [0.3, 0.4) is 0 Å². The van der Waals surface area contributed by atoms with Crippen molar-refractivity contribution in [2.24, 2.45) is 5.92 Å².